The van der Waals surface area contributed by atoms with E-state index in [0.717, 1.165) is 43.7 Å². The molecule has 1 aromatic rings. The normalized spacial score (nSPS) is 18.3. The van der Waals surface area contributed by atoms with E-state index in [4.69, 9.17) is 0 Å². The van der Waals surface area contributed by atoms with Crippen LogP contribution in [0.4, 0.5) is 5.82 Å². The highest BCUT2D eigenvalue weighted by Gasteiger charge is 2.30. The van der Waals surface area contributed by atoms with E-state index in [1.54, 1.807) is 6.20 Å². The number of aryl methyl sites for hydroxylation is 2. The van der Waals surface area contributed by atoms with Crippen molar-refractivity contribution in [3.63, 3.8) is 0 Å². The molecule has 128 valence electrons. The van der Waals surface area contributed by atoms with Crippen LogP contribution in [-0.4, -0.2) is 39.6 Å². The van der Waals surface area contributed by atoms with Gasteiger partial charge in [-0.1, -0.05) is 20.3 Å². The van der Waals surface area contributed by atoms with Gasteiger partial charge in [-0.2, -0.15) is 5.10 Å². The van der Waals surface area contributed by atoms with Crippen molar-refractivity contribution < 1.29 is 9.59 Å². The van der Waals surface area contributed by atoms with Crippen molar-refractivity contribution >= 4 is 17.6 Å². The summed E-state index contributed by atoms with van der Waals surface area (Å²) in [5, 5.41) is 7.38. The topological polar surface area (TPSA) is 67.2 Å². The largest absolute Gasteiger partial charge is 0.342 e. The molecule has 1 aliphatic rings. The molecule has 1 aromatic heterocycles. The number of anilines is 1. The first-order valence-corrected chi connectivity index (χ1v) is 8.67. The summed E-state index contributed by atoms with van der Waals surface area (Å²) < 4.78 is 1.87. The molecule has 23 heavy (non-hydrogen) atoms. The number of hydrogen-bond donors (Lipinski definition) is 1. The molecule has 0 spiro atoms. The summed E-state index contributed by atoms with van der Waals surface area (Å²) in [5.41, 5.74) is 0.978. The van der Waals surface area contributed by atoms with E-state index in [2.05, 4.69) is 17.3 Å². The number of carbonyl (C=O) groups is 2. The standard InChI is InChI=1S/C17H28N4O2/c1-4-6-10-21-16(13(3)11-18-21)19-17(23)14-7-8-15(22)20(12-14)9-5-2/h11,14H,4-10,12H2,1-3H3,(H,19,23). The van der Waals surface area contributed by atoms with Crippen LogP contribution in [0.1, 0.15) is 51.5 Å². The van der Waals surface area contributed by atoms with Crippen LogP contribution >= 0.6 is 0 Å². The molecule has 0 radical (unpaired) electrons. The molecule has 2 rings (SSSR count). The van der Waals surface area contributed by atoms with Gasteiger partial charge in [0.15, 0.2) is 0 Å². The van der Waals surface area contributed by atoms with Crippen LogP contribution in [0, 0.1) is 12.8 Å². The van der Waals surface area contributed by atoms with Crippen molar-refractivity contribution in [1.29, 1.82) is 0 Å². The third-order valence-corrected chi connectivity index (χ3v) is 4.35. The smallest absolute Gasteiger partial charge is 0.230 e. The summed E-state index contributed by atoms with van der Waals surface area (Å²) in [7, 11) is 0. The Morgan fingerprint density at radius 3 is 2.83 bits per heavy atom. The van der Waals surface area contributed by atoms with Gasteiger partial charge in [-0.05, 0) is 26.2 Å². The van der Waals surface area contributed by atoms with Crippen molar-refractivity contribution in [2.75, 3.05) is 18.4 Å². The minimum absolute atomic E-state index is 0.0000449. The number of piperidine rings is 1. The maximum Gasteiger partial charge on any atom is 0.230 e. The number of unbranched alkanes of at least 4 members (excludes halogenated alkanes) is 1. The van der Waals surface area contributed by atoms with Gasteiger partial charge in [-0.3, -0.25) is 9.59 Å². The minimum atomic E-state index is -0.131. The third kappa shape index (κ3) is 4.33. The molecule has 0 bridgehead atoms. The molecule has 0 aromatic carbocycles. The second-order valence-corrected chi connectivity index (χ2v) is 6.32. The Morgan fingerprint density at radius 1 is 1.35 bits per heavy atom. The molecule has 1 aliphatic heterocycles. The van der Waals surface area contributed by atoms with Crippen LogP contribution in [0.2, 0.25) is 0 Å². The zero-order valence-electron chi connectivity index (χ0n) is 14.5. The number of nitrogens with one attached hydrogen (secondary N) is 1. The Labute approximate surface area is 138 Å². The molecule has 1 fully saturated rings. The van der Waals surface area contributed by atoms with Gasteiger partial charge in [-0.25, -0.2) is 4.68 Å². The molecule has 1 unspecified atom stereocenters. The van der Waals surface area contributed by atoms with Gasteiger partial charge in [0, 0.05) is 31.6 Å². The molecule has 2 heterocycles. The number of likely N-dealkylation sites (tertiary alicyclic amines) is 1. The fourth-order valence-electron chi connectivity index (χ4n) is 2.95. The number of aromatic nitrogens is 2. The van der Waals surface area contributed by atoms with Gasteiger partial charge in [-0.15, -0.1) is 0 Å². The van der Waals surface area contributed by atoms with E-state index >= 15 is 0 Å². The summed E-state index contributed by atoms with van der Waals surface area (Å²) in [6, 6.07) is 0. The van der Waals surface area contributed by atoms with Gasteiger partial charge in [0.05, 0.1) is 12.1 Å². The van der Waals surface area contributed by atoms with Crippen LogP contribution in [-0.2, 0) is 16.1 Å². The lowest BCUT2D eigenvalue weighted by Gasteiger charge is -2.31. The van der Waals surface area contributed by atoms with E-state index in [1.165, 1.54) is 0 Å². The van der Waals surface area contributed by atoms with Crippen molar-refractivity contribution in [3.05, 3.63) is 11.8 Å². The second kappa shape index (κ2) is 8.13. The van der Waals surface area contributed by atoms with E-state index in [0.29, 0.717) is 19.4 Å². The number of carbonyl (C=O) groups excluding carboxylic acids is 2. The quantitative estimate of drug-likeness (QED) is 0.839. The monoisotopic (exact) mass is 320 g/mol. The van der Waals surface area contributed by atoms with Crippen molar-refractivity contribution in [2.45, 2.75) is 59.4 Å². The molecule has 1 saturated heterocycles. The highest BCUT2D eigenvalue weighted by Crippen LogP contribution is 2.21. The number of amides is 2. The maximum absolute atomic E-state index is 12.6. The maximum atomic E-state index is 12.6. The predicted octanol–water partition coefficient (Wildman–Crippen LogP) is 2.58. The summed E-state index contributed by atoms with van der Waals surface area (Å²) in [4.78, 5) is 26.3. The van der Waals surface area contributed by atoms with E-state index in [1.807, 2.05) is 23.4 Å². The lowest BCUT2D eigenvalue weighted by Crippen LogP contribution is -2.44. The van der Waals surface area contributed by atoms with Gasteiger partial charge >= 0.3 is 0 Å². The first kappa shape index (κ1) is 17.5. The fraction of sp³-hybridized carbons (Fsp3) is 0.706. The average Bonchev–Trinajstić information content (AvgIpc) is 2.88. The highest BCUT2D eigenvalue weighted by molar-refractivity contribution is 5.93. The Balaban J connectivity index is 2.01. The van der Waals surface area contributed by atoms with Gasteiger partial charge in [0.25, 0.3) is 0 Å². The Hall–Kier alpha value is -1.85. The van der Waals surface area contributed by atoms with Crippen molar-refractivity contribution in [1.82, 2.24) is 14.7 Å². The molecule has 1 atom stereocenters. The summed E-state index contributed by atoms with van der Waals surface area (Å²) in [5.74, 6) is 0.829. The lowest BCUT2D eigenvalue weighted by molar-refractivity contribution is -0.137. The average molecular weight is 320 g/mol. The molecular formula is C17H28N4O2. The highest BCUT2D eigenvalue weighted by atomic mass is 16.2. The number of nitrogens with zero attached hydrogens (tertiary/aromatic N) is 3. The number of hydrogen-bond acceptors (Lipinski definition) is 3. The van der Waals surface area contributed by atoms with Gasteiger partial charge in [0.2, 0.25) is 11.8 Å². The Morgan fingerprint density at radius 2 is 2.13 bits per heavy atom. The molecule has 0 saturated carbocycles. The fourth-order valence-corrected chi connectivity index (χ4v) is 2.95. The van der Waals surface area contributed by atoms with E-state index in [-0.39, 0.29) is 17.7 Å². The SMILES string of the molecule is CCCCn1ncc(C)c1NC(=O)C1CCC(=O)N(CCC)C1. The van der Waals surface area contributed by atoms with E-state index in [9.17, 15) is 9.59 Å². The number of rotatable bonds is 7. The van der Waals surface area contributed by atoms with Crippen LogP contribution in [0.3, 0.4) is 0 Å². The molecule has 1 N–H and O–H groups in total. The Bertz CT molecular complexity index is 553. The third-order valence-electron chi connectivity index (χ3n) is 4.35. The van der Waals surface area contributed by atoms with Crippen LogP contribution in [0.5, 0.6) is 0 Å². The lowest BCUT2D eigenvalue weighted by atomic mass is 9.96. The Kier molecular flexibility index (Phi) is 6.19. The van der Waals surface area contributed by atoms with Crippen molar-refractivity contribution in [3.8, 4) is 0 Å². The van der Waals surface area contributed by atoms with Crippen LogP contribution in [0.25, 0.3) is 0 Å². The molecule has 2 amide bonds. The minimum Gasteiger partial charge on any atom is -0.342 e. The summed E-state index contributed by atoms with van der Waals surface area (Å²) in [6.45, 7) is 8.21. The van der Waals surface area contributed by atoms with Crippen LogP contribution < -0.4 is 5.32 Å². The van der Waals surface area contributed by atoms with Crippen LogP contribution in [0.15, 0.2) is 6.20 Å². The zero-order chi connectivity index (χ0) is 16.8. The first-order chi connectivity index (χ1) is 11.1. The summed E-state index contributed by atoms with van der Waals surface area (Å²) in [6.07, 6.45) is 5.93. The molecule has 6 heteroatoms. The first-order valence-electron chi connectivity index (χ1n) is 8.67. The van der Waals surface area contributed by atoms with Crippen molar-refractivity contribution in [2.24, 2.45) is 5.92 Å². The second-order valence-electron chi connectivity index (χ2n) is 6.32. The zero-order valence-corrected chi connectivity index (χ0v) is 14.5. The molecular weight excluding hydrogens is 292 g/mol. The predicted molar refractivity (Wildman–Crippen MR) is 90.1 cm³/mol. The van der Waals surface area contributed by atoms with E-state index < -0.39 is 0 Å². The molecule has 6 nitrogen and oxygen atoms in total. The van der Waals surface area contributed by atoms with Gasteiger partial charge in [0.1, 0.15) is 5.82 Å². The summed E-state index contributed by atoms with van der Waals surface area (Å²) >= 11 is 0. The van der Waals surface area contributed by atoms with Gasteiger partial charge < -0.3 is 10.2 Å². The molecule has 0 aliphatic carbocycles.